The number of nitrogens with zero attached hydrogens (tertiary/aromatic N) is 1. The molecule has 1 aromatic heterocycles. The van der Waals surface area contributed by atoms with Gasteiger partial charge in [-0.2, -0.15) is 0 Å². The molecule has 1 atom stereocenters. The number of aromatic nitrogens is 1. The molecule has 21 heavy (non-hydrogen) atoms. The number of anilines is 1. The van der Waals surface area contributed by atoms with Crippen LogP contribution in [0.5, 0.6) is 5.75 Å². The molecular formula is C17H24N2O2. The lowest BCUT2D eigenvalue weighted by atomic mass is 10.1. The van der Waals surface area contributed by atoms with Gasteiger partial charge in [0.15, 0.2) is 0 Å². The van der Waals surface area contributed by atoms with Crippen molar-refractivity contribution in [3.63, 3.8) is 0 Å². The molecule has 0 aliphatic heterocycles. The molecule has 0 saturated carbocycles. The molecule has 0 saturated heterocycles. The van der Waals surface area contributed by atoms with Gasteiger partial charge in [-0.15, -0.1) is 0 Å². The van der Waals surface area contributed by atoms with Gasteiger partial charge in [-0.25, -0.2) is 0 Å². The number of methoxy groups -OCH3 is 1. The first-order valence-electron chi connectivity index (χ1n) is 7.53. The Hall–Kier alpha value is -1.81. The molecule has 4 heteroatoms. The number of rotatable bonds is 7. The monoisotopic (exact) mass is 288 g/mol. The highest BCUT2D eigenvalue weighted by Crippen LogP contribution is 2.30. The molecule has 0 amide bonds. The molecule has 114 valence electrons. The van der Waals surface area contributed by atoms with Crippen LogP contribution in [-0.2, 0) is 0 Å². The lowest BCUT2D eigenvalue weighted by Gasteiger charge is -2.17. The molecule has 1 aromatic carbocycles. The Kier molecular flexibility index (Phi) is 5.39. The summed E-state index contributed by atoms with van der Waals surface area (Å²) in [7, 11) is 1.65. The van der Waals surface area contributed by atoms with Gasteiger partial charge in [-0.3, -0.25) is 4.98 Å². The van der Waals surface area contributed by atoms with Crippen molar-refractivity contribution in [2.24, 2.45) is 0 Å². The van der Waals surface area contributed by atoms with E-state index in [9.17, 15) is 5.11 Å². The van der Waals surface area contributed by atoms with Crippen LogP contribution in [0.1, 0.15) is 38.2 Å². The van der Waals surface area contributed by atoms with Crippen molar-refractivity contribution >= 4 is 16.6 Å². The first-order valence-corrected chi connectivity index (χ1v) is 7.53. The van der Waals surface area contributed by atoms with Gasteiger partial charge in [-0.05, 0) is 37.5 Å². The van der Waals surface area contributed by atoms with Crippen LogP contribution in [0.4, 0.5) is 5.69 Å². The third-order valence-electron chi connectivity index (χ3n) is 3.68. The van der Waals surface area contributed by atoms with Gasteiger partial charge in [0.1, 0.15) is 12.0 Å². The summed E-state index contributed by atoms with van der Waals surface area (Å²) in [5, 5.41) is 14.3. The highest BCUT2D eigenvalue weighted by Gasteiger charge is 2.11. The average molecular weight is 288 g/mol. The summed E-state index contributed by atoms with van der Waals surface area (Å²) in [4.78, 5) is 4.44. The van der Waals surface area contributed by atoms with Gasteiger partial charge >= 0.3 is 0 Å². The van der Waals surface area contributed by atoms with Crippen LogP contribution in [0, 0.1) is 6.92 Å². The van der Waals surface area contributed by atoms with Crippen molar-refractivity contribution in [2.75, 3.05) is 12.4 Å². The second kappa shape index (κ2) is 7.27. The first kappa shape index (κ1) is 15.6. The van der Waals surface area contributed by atoms with Crippen molar-refractivity contribution in [2.45, 2.75) is 45.8 Å². The van der Waals surface area contributed by atoms with E-state index in [0.717, 1.165) is 53.6 Å². The van der Waals surface area contributed by atoms with Crippen molar-refractivity contribution in [1.82, 2.24) is 4.98 Å². The molecule has 4 nitrogen and oxygen atoms in total. The quantitative estimate of drug-likeness (QED) is 0.600. The Morgan fingerprint density at radius 3 is 2.86 bits per heavy atom. The summed E-state index contributed by atoms with van der Waals surface area (Å²) >= 11 is 0. The summed E-state index contributed by atoms with van der Waals surface area (Å²) < 4.78 is 5.35. The molecule has 2 rings (SSSR count). The van der Waals surface area contributed by atoms with Gasteiger partial charge in [0.05, 0.1) is 18.3 Å². The Labute approximate surface area is 126 Å². The third kappa shape index (κ3) is 3.85. The van der Waals surface area contributed by atoms with Crippen LogP contribution >= 0.6 is 0 Å². The van der Waals surface area contributed by atoms with E-state index in [1.807, 2.05) is 25.1 Å². The number of nitrogens with one attached hydrogen (secondary N) is 1. The number of aryl methyl sites for hydroxylation is 1. The minimum atomic E-state index is -0.561. The number of aliphatic hydroxyl groups excluding tert-OH is 1. The number of hydrogen-bond acceptors (Lipinski definition) is 4. The summed E-state index contributed by atoms with van der Waals surface area (Å²) in [6.07, 6.45) is 5.26. The number of ether oxygens (including phenoxy) is 1. The second-order valence-corrected chi connectivity index (χ2v) is 5.35. The lowest BCUT2D eigenvalue weighted by molar-refractivity contribution is 0.189. The molecule has 0 aliphatic rings. The zero-order chi connectivity index (χ0) is 15.2. The maximum absolute atomic E-state index is 10.1. The van der Waals surface area contributed by atoms with Gasteiger partial charge in [-0.1, -0.05) is 19.8 Å². The Balaban J connectivity index is 2.27. The van der Waals surface area contributed by atoms with Gasteiger partial charge in [0.2, 0.25) is 0 Å². The topological polar surface area (TPSA) is 54.4 Å². The van der Waals surface area contributed by atoms with Crippen molar-refractivity contribution in [3.8, 4) is 5.75 Å². The summed E-state index contributed by atoms with van der Waals surface area (Å²) in [5.41, 5.74) is 2.82. The predicted octanol–water partition coefficient (Wildman–Crippen LogP) is 3.86. The van der Waals surface area contributed by atoms with Gasteiger partial charge in [0.25, 0.3) is 0 Å². The zero-order valence-electron chi connectivity index (χ0n) is 13.0. The number of hydrogen-bond donors (Lipinski definition) is 2. The van der Waals surface area contributed by atoms with Crippen molar-refractivity contribution in [3.05, 3.63) is 30.0 Å². The van der Waals surface area contributed by atoms with Crippen LogP contribution in [0.25, 0.3) is 10.9 Å². The number of pyridine rings is 1. The van der Waals surface area contributed by atoms with E-state index in [-0.39, 0.29) is 0 Å². The maximum atomic E-state index is 10.1. The minimum absolute atomic E-state index is 0.561. The van der Waals surface area contributed by atoms with Crippen LogP contribution in [-0.4, -0.2) is 23.4 Å². The number of unbranched alkanes of at least 4 members (excludes halogenated alkanes) is 2. The Morgan fingerprint density at radius 1 is 1.33 bits per heavy atom. The molecule has 0 fully saturated rings. The smallest absolute Gasteiger partial charge is 0.124 e. The summed E-state index contributed by atoms with van der Waals surface area (Å²) in [6, 6.07) is 5.84. The van der Waals surface area contributed by atoms with Crippen LogP contribution in [0.3, 0.4) is 0 Å². The number of benzene rings is 1. The summed E-state index contributed by atoms with van der Waals surface area (Å²) in [6.45, 7) is 4.20. The van der Waals surface area contributed by atoms with E-state index >= 15 is 0 Å². The van der Waals surface area contributed by atoms with E-state index < -0.39 is 6.23 Å². The minimum Gasteiger partial charge on any atom is -0.497 e. The van der Waals surface area contributed by atoms with Crippen molar-refractivity contribution < 1.29 is 9.84 Å². The Bertz CT molecular complexity index is 599. The third-order valence-corrected chi connectivity index (χ3v) is 3.68. The normalized spacial score (nSPS) is 12.4. The molecule has 0 aliphatic carbocycles. The molecule has 1 unspecified atom stereocenters. The first-order chi connectivity index (χ1) is 10.2. The highest BCUT2D eigenvalue weighted by atomic mass is 16.5. The second-order valence-electron chi connectivity index (χ2n) is 5.35. The van der Waals surface area contributed by atoms with E-state index in [1.54, 1.807) is 13.3 Å². The van der Waals surface area contributed by atoms with E-state index in [0.29, 0.717) is 0 Å². The largest absolute Gasteiger partial charge is 0.497 e. The molecule has 0 radical (unpaired) electrons. The van der Waals surface area contributed by atoms with Crippen LogP contribution in [0.2, 0.25) is 0 Å². The molecule has 2 N–H and O–H groups in total. The van der Waals surface area contributed by atoms with E-state index in [1.165, 1.54) is 0 Å². The Morgan fingerprint density at radius 2 is 2.14 bits per heavy atom. The van der Waals surface area contributed by atoms with Crippen molar-refractivity contribution in [1.29, 1.82) is 0 Å². The summed E-state index contributed by atoms with van der Waals surface area (Å²) in [5.74, 6) is 0.766. The average Bonchev–Trinajstić information content (AvgIpc) is 2.48. The maximum Gasteiger partial charge on any atom is 0.124 e. The number of aliphatic hydroxyl groups is 1. The zero-order valence-corrected chi connectivity index (χ0v) is 13.0. The van der Waals surface area contributed by atoms with Gasteiger partial charge < -0.3 is 15.2 Å². The molecule has 2 aromatic rings. The van der Waals surface area contributed by atoms with E-state index in [2.05, 4.69) is 17.2 Å². The molecule has 0 spiro atoms. The fourth-order valence-corrected chi connectivity index (χ4v) is 2.43. The fourth-order valence-electron chi connectivity index (χ4n) is 2.43. The fraction of sp³-hybridized carbons (Fsp3) is 0.471. The van der Waals surface area contributed by atoms with Crippen LogP contribution < -0.4 is 10.1 Å². The number of fused-ring (bicyclic) bond motifs is 1. The van der Waals surface area contributed by atoms with Gasteiger partial charge in [0, 0.05) is 17.6 Å². The lowest BCUT2D eigenvalue weighted by Crippen LogP contribution is -2.18. The predicted molar refractivity (Wildman–Crippen MR) is 86.8 cm³/mol. The standard InChI is InChI=1S/C17H24N2O2/c1-4-5-6-7-16(20)19-15-11-13(21-3)10-14-12(2)8-9-18-17(14)15/h8-11,16,19-20H,4-7H2,1-3H3. The highest BCUT2D eigenvalue weighted by molar-refractivity contribution is 5.93. The molecular weight excluding hydrogens is 264 g/mol. The SMILES string of the molecule is CCCCCC(O)Nc1cc(OC)cc2c(C)ccnc12. The van der Waals surface area contributed by atoms with Crippen LogP contribution in [0.15, 0.2) is 24.4 Å². The molecule has 1 heterocycles. The van der Waals surface area contributed by atoms with E-state index in [4.69, 9.17) is 4.74 Å². The molecule has 0 bridgehead atoms.